The molecule has 2 saturated heterocycles. The van der Waals surface area contributed by atoms with Gasteiger partial charge in [-0.2, -0.15) is 0 Å². The Morgan fingerprint density at radius 3 is 3.10 bits per heavy atom. The normalized spacial score (nSPS) is 27.1. The van der Waals surface area contributed by atoms with Crippen molar-refractivity contribution in [3.05, 3.63) is 18.4 Å². The lowest BCUT2D eigenvalue weighted by Gasteiger charge is -2.40. The lowest BCUT2D eigenvalue weighted by atomic mass is 9.91. The molecule has 0 unspecified atom stereocenters. The number of hydrogen-bond donors (Lipinski definition) is 0. The van der Waals surface area contributed by atoms with E-state index in [1.165, 1.54) is 12.7 Å². The molecule has 3 rings (SSSR count). The lowest BCUT2D eigenvalue weighted by Crippen LogP contribution is -2.54. The van der Waals surface area contributed by atoms with Crippen LogP contribution in [0.4, 0.5) is 0 Å². The van der Waals surface area contributed by atoms with Crippen LogP contribution in [0.25, 0.3) is 0 Å². The standard InChI is InChI=1S/C13H17N3O4/c1-15-11-4-16(13(18)10-6-20-8-14-10)3-2-9(11)5-19-7-12(15)17/h6,8-9,11H,2-5,7H2,1H3/t9-,11-/m0/s1. The van der Waals surface area contributed by atoms with Crippen LogP contribution in [0.5, 0.6) is 0 Å². The molecule has 2 aliphatic heterocycles. The Morgan fingerprint density at radius 2 is 2.35 bits per heavy atom. The zero-order chi connectivity index (χ0) is 14.1. The highest BCUT2D eigenvalue weighted by atomic mass is 16.5. The summed E-state index contributed by atoms with van der Waals surface area (Å²) in [4.78, 5) is 31.4. The fourth-order valence-electron chi connectivity index (χ4n) is 2.86. The molecule has 0 aromatic carbocycles. The zero-order valence-electron chi connectivity index (χ0n) is 11.3. The molecule has 108 valence electrons. The minimum Gasteiger partial charge on any atom is -0.451 e. The van der Waals surface area contributed by atoms with Gasteiger partial charge < -0.3 is 19.0 Å². The Kier molecular flexibility index (Phi) is 3.43. The van der Waals surface area contributed by atoms with Crippen molar-refractivity contribution in [3.8, 4) is 0 Å². The van der Waals surface area contributed by atoms with Gasteiger partial charge in [-0.3, -0.25) is 9.59 Å². The summed E-state index contributed by atoms with van der Waals surface area (Å²) < 4.78 is 10.2. The number of carbonyl (C=O) groups is 2. The molecule has 2 fully saturated rings. The number of likely N-dealkylation sites (N-methyl/N-ethyl adjacent to an activating group) is 1. The summed E-state index contributed by atoms with van der Waals surface area (Å²) in [6.07, 6.45) is 3.42. The van der Waals surface area contributed by atoms with E-state index in [9.17, 15) is 9.59 Å². The minimum absolute atomic E-state index is 0.00889. The number of aromatic nitrogens is 1. The van der Waals surface area contributed by atoms with E-state index >= 15 is 0 Å². The van der Waals surface area contributed by atoms with Gasteiger partial charge in [0, 0.05) is 26.1 Å². The summed E-state index contributed by atoms with van der Waals surface area (Å²) in [5.74, 6) is 0.101. The first kappa shape index (κ1) is 13.1. The number of amides is 2. The van der Waals surface area contributed by atoms with Gasteiger partial charge in [0.05, 0.1) is 12.6 Å². The predicted octanol–water partition coefficient (Wildman–Crippen LogP) is -0.00610. The van der Waals surface area contributed by atoms with Gasteiger partial charge in [0.1, 0.15) is 12.9 Å². The van der Waals surface area contributed by atoms with Gasteiger partial charge in [0.15, 0.2) is 12.1 Å². The maximum Gasteiger partial charge on any atom is 0.275 e. The molecule has 2 atom stereocenters. The first-order valence-corrected chi connectivity index (χ1v) is 6.67. The number of carbonyl (C=O) groups excluding carboxylic acids is 2. The van der Waals surface area contributed by atoms with E-state index in [-0.39, 0.29) is 30.4 Å². The summed E-state index contributed by atoms with van der Waals surface area (Å²) in [5.41, 5.74) is 0.308. The molecule has 0 aliphatic carbocycles. The second-order valence-corrected chi connectivity index (χ2v) is 5.26. The van der Waals surface area contributed by atoms with Gasteiger partial charge in [-0.15, -0.1) is 0 Å². The molecule has 0 saturated carbocycles. The van der Waals surface area contributed by atoms with Crippen molar-refractivity contribution in [1.82, 2.24) is 14.8 Å². The van der Waals surface area contributed by atoms with E-state index < -0.39 is 0 Å². The molecule has 1 aromatic rings. The number of fused-ring (bicyclic) bond motifs is 1. The van der Waals surface area contributed by atoms with Crippen molar-refractivity contribution >= 4 is 11.8 Å². The topological polar surface area (TPSA) is 75.9 Å². The number of hydrogen-bond acceptors (Lipinski definition) is 5. The van der Waals surface area contributed by atoms with Crippen molar-refractivity contribution in [2.24, 2.45) is 5.92 Å². The van der Waals surface area contributed by atoms with E-state index in [0.717, 1.165) is 6.42 Å². The molecule has 1 aromatic heterocycles. The second-order valence-electron chi connectivity index (χ2n) is 5.26. The fraction of sp³-hybridized carbons (Fsp3) is 0.615. The van der Waals surface area contributed by atoms with Gasteiger partial charge in [-0.25, -0.2) is 4.98 Å². The van der Waals surface area contributed by atoms with E-state index in [0.29, 0.717) is 25.4 Å². The maximum absolute atomic E-state index is 12.3. The number of rotatable bonds is 1. The van der Waals surface area contributed by atoms with E-state index in [4.69, 9.17) is 9.15 Å². The average Bonchev–Trinajstić information content (AvgIpc) is 2.95. The van der Waals surface area contributed by atoms with Crippen molar-refractivity contribution in [2.45, 2.75) is 12.5 Å². The summed E-state index contributed by atoms with van der Waals surface area (Å²) in [6.45, 7) is 1.87. The predicted molar refractivity (Wildman–Crippen MR) is 67.9 cm³/mol. The monoisotopic (exact) mass is 279 g/mol. The van der Waals surface area contributed by atoms with E-state index in [1.54, 1.807) is 16.8 Å². The summed E-state index contributed by atoms with van der Waals surface area (Å²) in [5, 5.41) is 0. The first-order chi connectivity index (χ1) is 9.66. The summed E-state index contributed by atoms with van der Waals surface area (Å²) in [6, 6.07) is 0.00889. The van der Waals surface area contributed by atoms with Crippen LogP contribution in [-0.2, 0) is 9.53 Å². The third kappa shape index (κ3) is 2.29. The molecule has 3 heterocycles. The van der Waals surface area contributed by atoms with E-state index in [2.05, 4.69) is 4.98 Å². The lowest BCUT2D eigenvalue weighted by molar-refractivity contribution is -0.134. The van der Waals surface area contributed by atoms with E-state index in [1.807, 2.05) is 0 Å². The third-order valence-electron chi connectivity index (χ3n) is 4.11. The molecule has 0 radical (unpaired) electrons. The average molecular weight is 279 g/mol. The van der Waals surface area contributed by atoms with Crippen LogP contribution in [0.1, 0.15) is 16.9 Å². The highest BCUT2D eigenvalue weighted by Crippen LogP contribution is 2.25. The number of nitrogens with zero attached hydrogens (tertiary/aromatic N) is 3. The smallest absolute Gasteiger partial charge is 0.275 e. The molecule has 0 bridgehead atoms. The molecular weight excluding hydrogens is 262 g/mol. The number of oxazole rings is 1. The van der Waals surface area contributed by atoms with Gasteiger partial charge in [0.2, 0.25) is 5.91 Å². The third-order valence-corrected chi connectivity index (χ3v) is 4.11. The van der Waals surface area contributed by atoms with Crippen molar-refractivity contribution < 1.29 is 18.7 Å². The molecule has 0 spiro atoms. The van der Waals surface area contributed by atoms with Gasteiger partial charge in [0.25, 0.3) is 5.91 Å². The molecule has 7 nitrogen and oxygen atoms in total. The van der Waals surface area contributed by atoms with Crippen LogP contribution >= 0.6 is 0 Å². The number of piperidine rings is 1. The van der Waals surface area contributed by atoms with Crippen LogP contribution < -0.4 is 0 Å². The van der Waals surface area contributed by atoms with Crippen molar-refractivity contribution in [3.63, 3.8) is 0 Å². The molecule has 2 amide bonds. The number of ether oxygens (including phenoxy) is 1. The van der Waals surface area contributed by atoms with Gasteiger partial charge in [-0.05, 0) is 6.42 Å². The Balaban J connectivity index is 1.75. The van der Waals surface area contributed by atoms with Crippen LogP contribution in [0.2, 0.25) is 0 Å². The van der Waals surface area contributed by atoms with Gasteiger partial charge in [-0.1, -0.05) is 0 Å². The Bertz CT molecular complexity index is 502. The van der Waals surface area contributed by atoms with Crippen molar-refractivity contribution in [2.75, 3.05) is 33.4 Å². The minimum atomic E-state index is -0.150. The SMILES string of the molecule is CN1C(=O)COC[C@@H]2CCN(C(=O)c3cocn3)C[C@@H]21. The summed E-state index contributed by atoms with van der Waals surface area (Å²) >= 11 is 0. The molecule has 7 heteroatoms. The fourth-order valence-corrected chi connectivity index (χ4v) is 2.86. The Morgan fingerprint density at radius 1 is 1.50 bits per heavy atom. The largest absolute Gasteiger partial charge is 0.451 e. The first-order valence-electron chi connectivity index (χ1n) is 6.67. The van der Waals surface area contributed by atoms with Crippen LogP contribution in [0.15, 0.2) is 17.1 Å². The zero-order valence-corrected chi connectivity index (χ0v) is 11.3. The second kappa shape index (κ2) is 5.24. The highest BCUT2D eigenvalue weighted by Gasteiger charge is 2.38. The molecular formula is C13H17N3O4. The van der Waals surface area contributed by atoms with Crippen LogP contribution in [-0.4, -0.2) is 66.0 Å². The van der Waals surface area contributed by atoms with Crippen LogP contribution in [0.3, 0.4) is 0 Å². The Labute approximate surface area is 116 Å². The quantitative estimate of drug-likeness (QED) is 0.723. The highest BCUT2D eigenvalue weighted by molar-refractivity contribution is 5.92. The molecule has 20 heavy (non-hydrogen) atoms. The summed E-state index contributed by atoms with van der Waals surface area (Å²) in [7, 11) is 1.78. The number of likely N-dealkylation sites (tertiary alicyclic amines) is 1. The van der Waals surface area contributed by atoms with Gasteiger partial charge >= 0.3 is 0 Å². The molecule has 2 aliphatic rings. The Hall–Kier alpha value is -1.89. The maximum atomic E-state index is 12.3. The van der Waals surface area contributed by atoms with Crippen LogP contribution in [0, 0.1) is 5.92 Å². The van der Waals surface area contributed by atoms with Crippen molar-refractivity contribution in [1.29, 1.82) is 0 Å². The molecule has 0 N–H and O–H groups in total.